The fourth-order valence-electron chi connectivity index (χ4n) is 3.21. The van der Waals surface area contributed by atoms with Crippen LogP contribution < -0.4 is 5.32 Å². The number of aryl methyl sites for hydroxylation is 1. The SMILES string of the molecule is Cc1nn(C(C)C)c2c1C(c1cc(CN(C)C)cs1)CC(=O)N2. The van der Waals surface area contributed by atoms with Crippen LogP contribution in [0.1, 0.15) is 53.9 Å². The maximum atomic E-state index is 12.2. The second-order valence-corrected chi connectivity index (χ2v) is 7.73. The lowest BCUT2D eigenvalue weighted by Gasteiger charge is -2.24. The van der Waals surface area contributed by atoms with Crippen molar-refractivity contribution in [3.8, 4) is 0 Å². The van der Waals surface area contributed by atoms with Gasteiger partial charge >= 0.3 is 0 Å². The molecule has 0 spiro atoms. The largest absolute Gasteiger partial charge is 0.311 e. The van der Waals surface area contributed by atoms with Crippen LogP contribution in [0.25, 0.3) is 0 Å². The van der Waals surface area contributed by atoms with Crippen molar-refractivity contribution in [2.24, 2.45) is 0 Å². The molecule has 0 fully saturated rings. The van der Waals surface area contributed by atoms with E-state index in [0.29, 0.717) is 6.42 Å². The monoisotopic (exact) mass is 332 g/mol. The Bertz CT molecular complexity index is 729. The smallest absolute Gasteiger partial charge is 0.226 e. The van der Waals surface area contributed by atoms with Crippen LogP contribution in [0.5, 0.6) is 0 Å². The molecule has 5 nitrogen and oxygen atoms in total. The summed E-state index contributed by atoms with van der Waals surface area (Å²) in [6.07, 6.45) is 0.500. The van der Waals surface area contributed by atoms with Gasteiger partial charge in [-0.05, 0) is 51.9 Å². The van der Waals surface area contributed by atoms with Crippen LogP contribution >= 0.6 is 11.3 Å². The summed E-state index contributed by atoms with van der Waals surface area (Å²) in [6, 6.07) is 2.47. The summed E-state index contributed by atoms with van der Waals surface area (Å²) < 4.78 is 1.93. The highest BCUT2D eigenvalue weighted by molar-refractivity contribution is 7.10. The number of rotatable bonds is 4. The first kappa shape index (κ1) is 16.2. The van der Waals surface area contributed by atoms with E-state index in [4.69, 9.17) is 0 Å². The number of fused-ring (bicyclic) bond motifs is 1. The number of hydrogen-bond donors (Lipinski definition) is 1. The zero-order chi connectivity index (χ0) is 16.7. The average Bonchev–Trinajstić information content (AvgIpc) is 3.02. The third-order valence-electron chi connectivity index (χ3n) is 4.13. The number of carbonyl (C=O) groups is 1. The van der Waals surface area contributed by atoms with Crippen LogP contribution in [-0.2, 0) is 11.3 Å². The lowest BCUT2D eigenvalue weighted by Crippen LogP contribution is -2.25. The highest BCUT2D eigenvalue weighted by Gasteiger charge is 2.33. The fraction of sp³-hybridized carbons (Fsp3) is 0.529. The van der Waals surface area contributed by atoms with Gasteiger partial charge in [0.15, 0.2) is 0 Å². The molecule has 3 rings (SSSR count). The van der Waals surface area contributed by atoms with Gasteiger partial charge in [0.25, 0.3) is 0 Å². The van der Waals surface area contributed by atoms with E-state index < -0.39 is 0 Å². The molecular formula is C17H24N4OS. The molecule has 2 aromatic heterocycles. The number of anilines is 1. The van der Waals surface area contributed by atoms with E-state index in [1.807, 2.05) is 11.6 Å². The minimum atomic E-state index is 0.0758. The molecule has 0 aromatic carbocycles. The van der Waals surface area contributed by atoms with Crippen LogP contribution in [-0.4, -0.2) is 34.7 Å². The number of aromatic nitrogens is 2. The van der Waals surface area contributed by atoms with E-state index in [2.05, 4.69) is 54.7 Å². The van der Waals surface area contributed by atoms with Gasteiger partial charge in [-0.2, -0.15) is 5.10 Å². The van der Waals surface area contributed by atoms with E-state index in [-0.39, 0.29) is 17.9 Å². The molecule has 1 amide bonds. The summed E-state index contributed by atoms with van der Waals surface area (Å²) in [5.41, 5.74) is 3.49. The van der Waals surface area contributed by atoms with Crippen molar-refractivity contribution in [1.82, 2.24) is 14.7 Å². The average molecular weight is 332 g/mol. The molecule has 0 saturated carbocycles. The third kappa shape index (κ3) is 3.05. The molecule has 1 aliphatic heterocycles. The highest BCUT2D eigenvalue weighted by Crippen LogP contribution is 2.42. The Labute approximate surface area is 141 Å². The van der Waals surface area contributed by atoms with Gasteiger partial charge in [0.2, 0.25) is 5.91 Å². The normalized spacial score (nSPS) is 17.7. The number of hydrogen-bond acceptors (Lipinski definition) is 4. The number of carbonyl (C=O) groups excluding carboxylic acids is 1. The van der Waals surface area contributed by atoms with Gasteiger partial charge in [-0.1, -0.05) is 0 Å². The van der Waals surface area contributed by atoms with Crippen molar-refractivity contribution in [3.05, 3.63) is 33.1 Å². The number of nitrogens with one attached hydrogen (secondary N) is 1. The molecule has 1 unspecified atom stereocenters. The zero-order valence-corrected chi connectivity index (χ0v) is 15.2. The van der Waals surface area contributed by atoms with Crippen LogP contribution in [0.15, 0.2) is 11.4 Å². The third-order valence-corrected chi connectivity index (χ3v) is 5.23. The molecule has 23 heavy (non-hydrogen) atoms. The molecule has 1 N–H and O–H groups in total. The van der Waals surface area contributed by atoms with Crippen LogP contribution in [0.2, 0.25) is 0 Å². The second-order valence-electron chi connectivity index (χ2n) is 6.79. The van der Waals surface area contributed by atoms with Gasteiger partial charge in [-0.15, -0.1) is 11.3 Å². The van der Waals surface area contributed by atoms with Crippen LogP contribution in [0.3, 0.4) is 0 Å². The first-order valence-corrected chi connectivity index (χ1v) is 8.85. The van der Waals surface area contributed by atoms with E-state index >= 15 is 0 Å². The second kappa shape index (κ2) is 6.09. The Hall–Kier alpha value is -1.66. The van der Waals surface area contributed by atoms with Gasteiger partial charge in [-0.3, -0.25) is 4.79 Å². The fourth-order valence-corrected chi connectivity index (χ4v) is 4.23. The minimum absolute atomic E-state index is 0.0758. The predicted octanol–water partition coefficient (Wildman–Crippen LogP) is 3.37. The Balaban J connectivity index is 2.02. The Morgan fingerprint density at radius 2 is 2.22 bits per heavy atom. The maximum absolute atomic E-state index is 12.2. The van der Waals surface area contributed by atoms with Gasteiger partial charge < -0.3 is 10.2 Å². The standard InChI is InChI=1S/C17H24N4OS/c1-10(2)21-17-16(11(3)19-21)13(7-15(22)18-17)14-6-12(9-23-14)8-20(4)5/h6,9-10,13H,7-8H2,1-5H3,(H,18,22). The van der Waals surface area contributed by atoms with Gasteiger partial charge in [-0.25, -0.2) is 4.68 Å². The topological polar surface area (TPSA) is 50.2 Å². The first-order chi connectivity index (χ1) is 10.9. The molecule has 0 radical (unpaired) electrons. The van der Waals surface area contributed by atoms with E-state index in [9.17, 15) is 4.79 Å². The van der Waals surface area contributed by atoms with Crippen LogP contribution in [0.4, 0.5) is 5.82 Å². The summed E-state index contributed by atoms with van der Waals surface area (Å²) in [4.78, 5) is 15.6. The lowest BCUT2D eigenvalue weighted by molar-refractivity contribution is -0.116. The molecule has 124 valence electrons. The highest BCUT2D eigenvalue weighted by atomic mass is 32.1. The van der Waals surface area contributed by atoms with Gasteiger partial charge in [0.05, 0.1) is 5.69 Å². The van der Waals surface area contributed by atoms with Gasteiger partial charge in [0.1, 0.15) is 5.82 Å². The van der Waals surface area contributed by atoms with E-state index in [0.717, 1.165) is 18.1 Å². The van der Waals surface area contributed by atoms with E-state index in [1.54, 1.807) is 11.3 Å². The van der Waals surface area contributed by atoms with Crippen molar-refractivity contribution >= 4 is 23.1 Å². The molecule has 3 heterocycles. The Morgan fingerprint density at radius 3 is 2.87 bits per heavy atom. The van der Waals surface area contributed by atoms with Crippen molar-refractivity contribution in [3.63, 3.8) is 0 Å². The molecule has 2 aromatic rings. The van der Waals surface area contributed by atoms with Crippen molar-refractivity contribution < 1.29 is 4.79 Å². The first-order valence-electron chi connectivity index (χ1n) is 7.97. The summed E-state index contributed by atoms with van der Waals surface area (Å²) in [7, 11) is 4.14. The summed E-state index contributed by atoms with van der Waals surface area (Å²) in [6.45, 7) is 7.13. The summed E-state index contributed by atoms with van der Waals surface area (Å²) in [5.74, 6) is 1.07. The van der Waals surface area contributed by atoms with E-state index in [1.165, 1.54) is 16.0 Å². The lowest BCUT2D eigenvalue weighted by atomic mass is 9.90. The van der Waals surface area contributed by atoms with Gasteiger partial charge in [0, 0.05) is 35.4 Å². The number of nitrogens with zero attached hydrogens (tertiary/aromatic N) is 3. The molecule has 6 heteroatoms. The minimum Gasteiger partial charge on any atom is -0.311 e. The van der Waals surface area contributed by atoms with Crippen molar-refractivity contribution in [2.75, 3.05) is 19.4 Å². The molecule has 0 aliphatic carbocycles. The molecular weight excluding hydrogens is 308 g/mol. The van der Waals surface area contributed by atoms with Crippen molar-refractivity contribution in [2.45, 2.75) is 45.7 Å². The number of amides is 1. The molecule has 0 saturated heterocycles. The zero-order valence-electron chi connectivity index (χ0n) is 14.4. The molecule has 0 bridgehead atoms. The quantitative estimate of drug-likeness (QED) is 0.934. The van der Waals surface area contributed by atoms with Crippen molar-refractivity contribution in [1.29, 1.82) is 0 Å². The summed E-state index contributed by atoms with van der Waals surface area (Å²) in [5, 5.41) is 9.88. The predicted molar refractivity (Wildman–Crippen MR) is 94.1 cm³/mol. The number of thiophene rings is 1. The van der Waals surface area contributed by atoms with Crippen LogP contribution in [0, 0.1) is 6.92 Å². The Kier molecular flexibility index (Phi) is 4.29. The summed E-state index contributed by atoms with van der Waals surface area (Å²) >= 11 is 1.75. The molecule has 1 aliphatic rings. The molecule has 1 atom stereocenters. The Morgan fingerprint density at radius 1 is 1.48 bits per heavy atom. The maximum Gasteiger partial charge on any atom is 0.226 e.